The molecule has 0 spiro atoms. The summed E-state index contributed by atoms with van der Waals surface area (Å²) in [6.07, 6.45) is -4.65. The Morgan fingerprint density at radius 3 is 2.14 bits per heavy atom. The van der Waals surface area contributed by atoms with Crippen molar-refractivity contribution in [2.45, 2.75) is 12.6 Å². The van der Waals surface area contributed by atoms with Crippen molar-refractivity contribution in [2.75, 3.05) is 12.0 Å². The van der Waals surface area contributed by atoms with Gasteiger partial charge < -0.3 is 10.2 Å². The standard InChI is InChI=1S/C11H10F3NO6S/c1-22(20,21)3-2-5-6(9(16)17)4-15-8(11(12,13)14)7(5)10(18)19/h4H,2-3H2,1H3,(H,16,17)(H,18,19). The third-order valence-corrected chi connectivity index (χ3v) is 3.57. The van der Waals surface area contributed by atoms with Gasteiger partial charge in [-0.3, -0.25) is 4.98 Å². The van der Waals surface area contributed by atoms with E-state index in [1.54, 1.807) is 0 Å². The minimum absolute atomic E-state index is 0.370. The number of carboxylic acid groups (broad SMARTS) is 2. The number of hydrogen-bond donors (Lipinski definition) is 2. The predicted molar refractivity (Wildman–Crippen MR) is 66.6 cm³/mol. The van der Waals surface area contributed by atoms with Crippen LogP contribution in [0.15, 0.2) is 6.20 Å². The number of aromatic carboxylic acids is 2. The Labute approximate surface area is 122 Å². The van der Waals surface area contributed by atoms with E-state index in [1.165, 1.54) is 0 Å². The fourth-order valence-corrected chi connectivity index (χ4v) is 2.30. The lowest BCUT2D eigenvalue weighted by Crippen LogP contribution is -2.22. The molecule has 0 bridgehead atoms. The van der Waals surface area contributed by atoms with Crippen molar-refractivity contribution in [2.24, 2.45) is 0 Å². The van der Waals surface area contributed by atoms with E-state index in [9.17, 15) is 31.2 Å². The van der Waals surface area contributed by atoms with Crippen LogP contribution in [-0.4, -0.2) is 47.6 Å². The van der Waals surface area contributed by atoms with Gasteiger partial charge in [0, 0.05) is 12.5 Å². The monoisotopic (exact) mass is 341 g/mol. The summed E-state index contributed by atoms with van der Waals surface area (Å²) in [6, 6.07) is 0. The van der Waals surface area contributed by atoms with E-state index >= 15 is 0 Å². The average molecular weight is 341 g/mol. The highest BCUT2D eigenvalue weighted by atomic mass is 32.2. The topological polar surface area (TPSA) is 122 Å². The van der Waals surface area contributed by atoms with Crippen LogP contribution in [0.3, 0.4) is 0 Å². The molecule has 0 saturated carbocycles. The first-order chi connectivity index (χ1) is 9.84. The molecule has 11 heteroatoms. The summed E-state index contributed by atoms with van der Waals surface area (Å²) >= 11 is 0. The first-order valence-corrected chi connectivity index (χ1v) is 7.64. The number of carboxylic acids is 2. The van der Waals surface area contributed by atoms with Crippen molar-refractivity contribution >= 4 is 21.8 Å². The quantitative estimate of drug-likeness (QED) is 0.822. The van der Waals surface area contributed by atoms with E-state index in [2.05, 4.69) is 4.98 Å². The van der Waals surface area contributed by atoms with E-state index in [-0.39, 0.29) is 0 Å². The maximum Gasteiger partial charge on any atom is 0.434 e. The molecule has 0 aliphatic rings. The molecule has 0 amide bonds. The number of pyridine rings is 1. The summed E-state index contributed by atoms with van der Waals surface area (Å²) in [6.45, 7) is 0. The van der Waals surface area contributed by atoms with Gasteiger partial charge in [0.05, 0.1) is 16.9 Å². The molecule has 1 aromatic heterocycles. The largest absolute Gasteiger partial charge is 0.478 e. The highest BCUT2D eigenvalue weighted by molar-refractivity contribution is 7.90. The van der Waals surface area contributed by atoms with Crippen LogP contribution in [0.2, 0.25) is 0 Å². The summed E-state index contributed by atoms with van der Waals surface area (Å²) in [4.78, 5) is 25.0. The Balaban J connectivity index is 3.65. The van der Waals surface area contributed by atoms with Gasteiger partial charge in [0.15, 0.2) is 5.69 Å². The second kappa shape index (κ2) is 5.91. The van der Waals surface area contributed by atoms with Crippen LogP contribution in [0.1, 0.15) is 32.0 Å². The lowest BCUT2D eigenvalue weighted by Gasteiger charge is -2.15. The molecule has 0 atom stereocenters. The molecule has 0 aromatic carbocycles. The Morgan fingerprint density at radius 1 is 1.23 bits per heavy atom. The van der Waals surface area contributed by atoms with Crippen molar-refractivity contribution in [3.05, 3.63) is 28.6 Å². The second-order valence-corrected chi connectivity index (χ2v) is 6.62. The molecule has 0 fully saturated rings. The number of sulfone groups is 1. The fourth-order valence-electron chi connectivity index (χ4n) is 1.73. The maximum absolute atomic E-state index is 12.8. The van der Waals surface area contributed by atoms with Gasteiger partial charge in [-0.15, -0.1) is 0 Å². The first-order valence-electron chi connectivity index (χ1n) is 5.58. The van der Waals surface area contributed by atoms with Crippen molar-refractivity contribution in [1.29, 1.82) is 0 Å². The summed E-state index contributed by atoms with van der Waals surface area (Å²) in [5, 5.41) is 17.9. The molecule has 7 nitrogen and oxygen atoms in total. The van der Waals surface area contributed by atoms with Crippen LogP contribution < -0.4 is 0 Å². The summed E-state index contributed by atoms with van der Waals surface area (Å²) in [5.41, 5.74) is -4.63. The molecule has 1 rings (SSSR count). The molecule has 0 saturated heterocycles. The van der Waals surface area contributed by atoms with Gasteiger partial charge in [0.2, 0.25) is 0 Å². The van der Waals surface area contributed by atoms with Crippen molar-refractivity contribution in [3.63, 3.8) is 0 Å². The van der Waals surface area contributed by atoms with Crippen LogP contribution in [0.25, 0.3) is 0 Å². The summed E-state index contributed by atoms with van der Waals surface area (Å²) < 4.78 is 60.6. The van der Waals surface area contributed by atoms with E-state index in [4.69, 9.17) is 10.2 Å². The van der Waals surface area contributed by atoms with Crippen molar-refractivity contribution in [3.8, 4) is 0 Å². The number of carbonyl (C=O) groups is 2. The molecule has 1 aromatic rings. The zero-order valence-electron chi connectivity index (χ0n) is 11.0. The van der Waals surface area contributed by atoms with E-state index in [1.807, 2.05) is 0 Å². The molecule has 0 unspecified atom stereocenters. The molecule has 1 heterocycles. The van der Waals surface area contributed by atoms with Crippen molar-refractivity contribution in [1.82, 2.24) is 4.98 Å². The number of nitrogens with zero attached hydrogens (tertiary/aromatic N) is 1. The van der Waals surface area contributed by atoms with Crippen LogP contribution in [0.5, 0.6) is 0 Å². The minimum Gasteiger partial charge on any atom is -0.478 e. The minimum atomic E-state index is -5.12. The molecule has 2 N–H and O–H groups in total. The number of aromatic nitrogens is 1. The predicted octanol–water partition coefficient (Wildman–Crippen LogP) is 1.08. The maximum atomic E-state index is 12.8. The van der Waals surface area contributed by atoms with E-state index in [0.717, 1.165) is 6.26 Å². The normalized spacial score (nSPS) is 12.2. The number of rotatable bonds is 5. The molecule has 0 aliphatic heterocycles. The Morgan fingerprint density at radius 2 is 1.77 bits per heavy atom. The summed E-state index contributed by atoms with van der Waals surface area (Å²) in [7, 11) is -3.64. The second-order valence-electron chi connectivity index (χ2n) is 4.36. The van der Waals surface area contributed by atoms with E-state index in [0.29, 0.717) is 6.20 Å². The fraction of sp³-hybridized carbons (Fsp3) is 0.364. The van der Waals surface area contributed by atoms with Crippen LogP contribution >= 0.6 is 0 Å². The molecule has 22 heavy (non-hydrogen) atoms. The average Bonchev–Trinajstić information content (AvgIpc) is 2.32. The lowest BCUT2D eigenvalue weighted by atomic mass is 9.98. The molecule has 122 valence electrons. The van der Waals surface area contributed by atoms with Crippen molar-refractivity contribution < 1.29 is 41.4 Å². The van der Waals surface area contributed by atoms with Crippen LogP contribution in [-0.2, 0) is 22.4 Å². The molecule has 0 radical (unpaired) electrons. The van der Waals surface area contributed by atoms with Gasteiger partial charge in [-0.1, -0.05) is 0 Å². The summed E-state index contributed by atoms with van der Waals surface area (Å²) in [5.74, 6) is -4.44. The van der Waals surface area contributed by atoms with Gasteiger partial charge in [-0.2, -0.15) is 13.2 Å². The Bertz CT molecular complexity index is 726. The zero-order valence-corrected chi connectivity index (χ0v) is 11.8. The first kappa shape index (κ1) is 17.9. The van der Waals surface area contributed by atoms with Gasteiger partial charge in [-0.05, 0) is 12.0 Å². The number of alkyl halides is 3. The van der Waals surface area contributed by atoms with Gasteiger partial charge >= 0.3 is 18.1 Å². The van der Waals surface area contributed by atoms with Crippen LogP contribution in [0, 0.1) is 0 Å². The molecular formula is C11H10F3NO6S. The smallest absolute Gasteiger partial charge is 0.434 e. The lowest BCUT2D eigenvalue weighted by molar-refractivity contribution is -0.141. The third-order valence-electron chi connectivity index (χ3n) is 2.62. The zero-order chi connectivity index (χ0) is 17.3. The Hall–Kier alpha value is -2.17. The third kappa shape index (κ3) is 4.16. The SMILES string of the molecule is CS(=O)(=O)CCc1c(C(=O)O)cnc(C(F)(F)F)c1C(=O)O. The van der Waals surface area contributed by atoms with Gasteiger partial charge in [0.25, 0.3) is 0 Å². The number of halogens is 3. The highest BCUT2D eigenvalue weighted by Gasteiger charge is 2.40. The number of hydrogen-bond acceptors (Lipinski definition) is 5. The van der Waals surface area contributed by atoms with Crippen LogP contribution in [0.4, 0.5) is 13.2 Å². The molecule has 0 aliphatic carbocycles. The Kier molecular flexibility index (Phi) is 4.80. The van der Waals surface area contributed by atoms with Gasteiger partial charge in [-0.25, -0.2) is 18.0 Å². The molecular weight excluding hydrogens is 331 g/mol. The van der Waals surface area contributed by atoms with E-state index < -0.39 is 62.5 Å². The highest BCUT2D eigenvalue weighted by Crippen LogP contribution is 2.33. The van der Waals surface area contributed by atoms with Gasteiger partial charge in [0.1, 0.15) is 9.84 Å².